The first-order valence-electron chi connectivity index (χ1n) is 13.5. The molecule has 1 fully saturated rings. The molecule has 1 aliphatic carbocycles. The topological polar surface area (TPSA) is 133 Å². The van der Waals surface area contributed by atoms with Crippen LogP contribution in [0, 0.1) is 0 Å². The van der Waals surface area contributed by atoms with Gasteiger partial charge >= 0.3 is 6.18 Å². The van der Waals surface area contributed by atoms with Crippen molar-refractivity contribution in [1.29, 1.82) is 0 Å². The van der Waals surface area contributed by atoms with Gasteiger partial charge in [0.2, 0.25) is 15.9 Å². The Morgan fingerprint density at radius 1 is 0.878 bits per heavy atom. The molecule has 0 bridgehead atoms. The van der Waals surface area contributed by atoms with Crippen molar-refractivity contribution >= 4 is 27.7 Å². The molecule has 3 rings (SSSR count). The zero-order chi connectivity index (χ0) is 30.2. The summed E-state index contributed by atoms with van der Waals surface area (Å²) >= 11 is 0. The lowest BCUT2D eigenvalue weighted by atomic mass is 9.90. The van der Waals surface area contributed by atoms with Gasteiger partial charge in [0.1, 0.15) is 0 Å². The number of halogens is 3. The molecule has 2 aromatic rings. The Labute approximate surface area is 237 Å². The van der Waals surface area contributed by atoms with E-state index in [0.29, 0.717) is 31.7 Å². The van der Waals surface area contributed by atoms with Gasteiger partial charge in [0.25, 0.3) is 11.8 Å². The Bertz CT molecular complexity index is 1330. The van der Waals surface area contributed by atoms with Crippen LogP contribution in [0.25, 0.3) is 0 Å². The van der Waals surface area contributed by atoms with Crippen molar-refractivity contribution in [2.45, 2.75) is 81.6 Å². The number of sulfonamides is 1. The maximum absolute atomic E-state index is 12.9. The van der Waals surface area contributed by atoms with Gasteiger partial charge in [-0.2, -0.15) is 13.2 Å². The van der Waals surface area contributed by atoms with Gasteiger partial charge in [-0.1, -0.05) is 32.8 Å². The maximum Gasteiger partial charge on any atom is 0.416 e. The fraction of sp³-hybridized carbons (Fsp3) is 0.464. The predicted molar refractivity (Wildman–Crippen MR) is 147 cm³/mol. The number of alkyl halides is 3. The third-order valence-corrected chi connectivity index (χ3v) is 8.56. The Morgan fingerprint density at radius 2 is 1.49 bits per heavy atom. The smallest absolute Gasteiger partial charge is 0.350 e. The lowest BCUT2D eigenvalue weighted by Crippen LogP contribution is -2.54. The molecule has 1 saturated carbocycles. The van der Waals surface area contributed by atoms with Crippen LogP contribution in [0.2, 0.25) is 0 Å². The van der Waals surface area contributed by atoms with Crippen molar-refractivity contribution in [1.82, 2.24) is 20.7 Å². The third kappa shape index (κ3) is 9.02. The number of amides is 3. The number of carbonyl (C=O) groups excluding carboxylic acids is 3. The fourth-order valence-electron chi connectivity index (χ4n) is 4.61. The second-order valence-corrected chi connectivity index (χ2v) is 11.7. The summed E-state index contributed by atoms with van der Waals surface area (Å²) < 4.78 is 66.6. The summed E-state index contributed by atoms with van der Waals surface area (Å²) in [6, 6.07) is 8.48. The highest BCUT2D eigenvalue weighted by atomic mass is 32.2. The second kappa shape index (κ2) is 13.9. The number of nitrogens with one attached hydrogen (secondary N) is 4. The molecular weight excluding hydrogens is 561 g/mol. The molecule has 0 radical (unpaired) electrons. The minimum atomic E-state index is -4.60. The number of rotatable bonds is 11. The second-order valence-electron chi connectivity index (χ2n) is 9.96. The fourth-order valence-corrected chi connectivity index (χ4v) is 6.02. The maximum atomic E-state index is 12.9. The van der Waals surface area contributed by atoms with Crippen LogP contribution in [-0.4, -0.2) is 50.8 Å². The molecule has 0 spiro atoms. The molecule has 2 aromatic carbocycles. The molecule has 0 aromatic heterocycles. The molecule has 41 heavy (non-hydrogen) atoms. The Balaban J connectivity index is 1.56. The normalized spacial score (nSPS) is 17.6. The van der Waals surface area contributed by atoms with Crippen molar-refractivity contribution in [3.8, 4) is 0 Å². The van der Waals surface area contributed by atoms with Gasteiger partial charge in [-0.3, -0.25) is 14.4 Å². The van der Waals surface area contributed by atoms with Crippen LogP contribution in [0.15, 0.2) is 53.4 Å². The van der Waals surface area contributed by atoms with Gasteiger partial charge < -0.3 is 16.0 Å². The number of hydrogen-bond donors (Lipinski definition) is 4. The first-order valence-corrected chi connectivity index (χ1v) is 15.0. The molecule has 224 valence electrons. The van der Waals surface area contributed by atoms with E-state index in [1.165, 1.54) is 30.3 Å². The first-order chi connectivity index (χ1) is 19.3. The minimum Gasteiger partial charge on any atom is -0.350 e. The molecule has 0 heterocycles. The molecular formula is C28H35F3N4O5S. The van der Waals surface area contributed by atoms with Gasteiger partial charge in [-0.25, -0.2) is 13.1 Å². The van der Waals surface area contributed by atoms with E-state index in [2.05, 4.69) is 20.7 Å². The highest BCUT2D eigenvalue weighted by Gasteiger charge is 2.31. The Morgan fingerprint density at radius 3 is 2.07 bits per heavy atom. The van der Waals surface area contributed by atoms with E-state index < -0.39 is 58.1 Å². The average Bonchev–Trinajstić information content (AvgIpc) is 2.95. The van der Waals surface area contributed by atoms with Gasteiger partial charge in [-0.05, 0) is 68.1 Å². The summed E-state index contributed by atoms with van der Waals surface area (Å²) in [4.78, 5) is 37.8. The third-order valence-electron chi connectivity index (χ3n) is 7.02. The van der Waals surface area contributed by atoms with Gasteiger partial charge in [0.15, 0.2) is 0 Å². The number of carbonyl (C=O) groups is 3. The monoisotopic (exact) mass is 596 g/mol. The molecule has 13 heteroatoms. The first kappa shape index (κ1) is 32.1. The summed E-state index contributed by atoms with van der Waals surface area (Å²) in [5.74, 6) is -1.79. The van der Waals surface area contributed by atoms with Crippen molar-refractivity contribution in [2.24, 2.45) is 0 Å². The van der Waals surface area contributed by atoms with E-state index in [-0.39, 0.29) is 22.1 Å². The van der Waals surface area contributed by atoms with Crippen molar-refractivity contribution in [2.75, 3.05) is 6.54 Å². The minimum absolute atomic E-state index is 0.0518. The molecule has 2 atom stereocenters. The molecule has 9 nitrogen and oxygen atoms in total. The van der Waals surface area contributed by atoms with Gasteiger partial charge in [0, 0.05) is 29.3 Å². The van der Waals surface area contributed by atoms with E-state index in [1.807, 2.05) is 13.8 Å². The Hall–Kier alpha value is -3.45. The van der Waals surface area contributed by atoms with Gasteiger partial charge in [-0.15, -0.1) is 0 Å². The standard InChI is InChI=1S/C28H35F3N4O5S/c1-3-21(4-2)35-41(39,40)22-14-12-18(13-15-22)27(38)34-24-11-6-5-10-23(24)33-25(36)17-32-26(37)19-8-7-9-20(16-19)28(29,30)31/h7-9,12-16,21,23-24,35H,3-6,10-11,17H2,1-2H3,(H,32,37)(H,33,36)(H,34,38)/t23-,24+/m1/s1. The van der Waals surface area contributed by atoms with Gasteiger partial charge in [0.05, 0.1) is 17.0 Å². The van der Waals surface area contributed by atoms with Crippen LogP contribution < -0.4 is 20.7 Å². The number of benzene rings is 2. The average molecular weight is 597 g/mol. The van der Waals surface area contributed by atoms with Crippen LogP contribution in [0.5, 0.6) is 0 Å². The summed E-state index contributed by atoms with van der Waals surface area (Å²) in [5, 5.41) is 8.01. The van der Waals surface area contributed by atoms with E-state index in [1.54, 1.807) is 0 Å². The largest absolute Gasteiger partial charge is 0.416 e. The van der Waals surface area contributed by atoms with Crippen molar-refractivity contribution < 1.29 is 36.0 Å². The van der Waals surface area contributed by atoms with E-state index in [9.17, 15) is 36.0 Å². The lowest BCUT2D eigenvalue weighted by molar-refractivity contribution is -0.137. The SMILES string of the molecule is CCC(CC)NS(=O)(=O)c1ccc(C(=O)N[C@H]2CCCC[C@H]2NC(=O)CNC(=O)c2cccc(C(F)(F)F)c2)cc1. The van der Waals surface area contributed by atoms with E-state index in [4.69, 9.17) is 0 Å². The molecule has 1 aliphatic rings. The summed E-state index contributed by atoms with van der Waals surface area (Å²) in [6.07, 6.45) is -0.490. The van der Waals surface area contributed by atoms with E-state index >= 15 is 0 Å². The molecule has 4 N–H and O–H groups in total. The highest BCUT2D eigenvalue weighted by molar-refractivity contribution is 7.89. The molecule has 3 amide bonds. The summed E-state index contributed by atoms with van der Waals surface area (Å²) in [7, 11) is -3.72. The Kier molecular flexibility index (Phi) is 10.9. The van der Waals surface area contributed by atoms with Crippen LogP contribution in [-0.2, 0) is 21.0 Å². The highest BCUT2D eigenvalue weighted by Crippen LogP contribution is 2.29. The van der Waals surface area contributed by atoms with Crippen LogP contribution in [0.1, 0.15) is 78.7 Å². The van der Waals surface area contributed by atoms with E-state index in [0.717, 1.165) is 25.0 Å². The van der Waals surface area contributed by atoms with Crippen LogP contribution >= 0.6 is 0 Å². The predicted octanol–water partition coefficient (Wildman–Crippen LogP) is 3.76. The number of hydrogen-bond acceptors (Lipinski definition) is 5. The molecule has 0 unspecified atom stereocenters. The van der Waals surface area contributed by atoms with Crippen LogP contribution in [0.3, 0.4) is 0 Å². The molecule has 0 saturated heterocycles. The zero-order valence-corrected chi connectivity index (χ0v) is 23.7. The van der Waals surface area contributed by atoms with Crippen LogP contribution in [0.4, 0.5) is 13.2 Å². The zero-order valence-electron chi connectivity index (χ0n) is 22.9. The van der Waals surface area contributed by atoms with Crippen molar-refractivity contribution in [3.63, 3.8) is 0 Å². The van der Waals surface area contributed by atoms with Crippen molar-refractivity contribution in [3.05, 3.63) is 65.2 Å². The lowest BCUT2D eigenvalue weighted by Gasteiger charge is -2.33. The summed E-state index contributed by atoms with van der Waals surface area (Å²) in [5.41, 5.74) is -0.930. The quantitative estimate of drug-likeness (QED) is 0.314. The summed E-state index contributed by atoms with van der Waals surface area (Å²) in [6.45, 7) is 3.33. The molecule has 0 aliphatic heterocycles.